The van der Waals surface area contributed by atoms with Crippen LogP contribution in [0.5, 0.6) is 5.75 Å². The molecule has 2 aliphatic rings. The Balaban J connectivity index is 1.38. The van der Waals surface area contributed by atoms with E-state index >= 15 is 0 Å². The molecule has 1 unspecified atom stereocenters. The average Bonchev–Trinajstić information content (AvgIpc) is 2.64. The standard InChI is InChI=1S/C19H27N3O3/c20-13-16-2-1-3-19(12-16)25-18-4-6-21(7-5-18)14-17(23)15-22-8-10-24-11-9-22/h1-3,12,17-18,23H,4-11,14-15H2. The van der Waals surface area contributed by atoms with Gasteiger partial charge in [0, 0.05) is 39.3 Å². The lowest BCUT2D eigenvalue weighted by Crippen LogP contribution is -2.47. The average molecular weight is 345 g/mol. The van der Waals surface area contributed by atoms with Gasteiger partial charge in [-0.25, -0.2) is 0 Å². The van der Waals surface area contributed by atoms with Crippen LogP contribution in [-0.4, -0.2) is 79.6 Å². The summed E-state index contributed by atoms with van der Waals surface area (Å²) in [6.07, 6.45) is 1.76. The van der Waals surface area contributed by atoms with E-state index in [-0.39, 0.29) is 12.2 Å². The molecule has 2 heterocycles. The largest absolute Gasteiger partial charge is 0.490 e. The minimum atomic E-state index is -0.317. The monoisotopic (exact) mass is 345 g/mol. The zero-order valence-electron chi connectivity index (χ0n) is 14.6. The van der Waals surface area contributed by atoms with Crippen molar-refractivity contribution < 1.29 is 14.6 Å². The van der Waals surface area contributed by atoms with Gasteiger partial charge in [0.2, 0.25) is 0 Å². The molecule has 0 aromatic heterocycles. The molecule has 6 nitrogen and oxygen atoms in total. The van der Waals surface area contributed by atoms with Gasteiger partial charge in [-0.3, -0.25) is 4.90 Å². The smallest absolute Gasteiger partial charge is 0.121 e. The van der Waals surface area contributed by atoms with Crippen LogP contribution in [-0.2, 0) is 4.74 Å². The molecule has 1 N–H and O–H groups in total. The van der Waals surface area contributed by atoms with Crippen molar-refractivity contribution >= 4 is 0 Å². The third-order valence-electron chi connectivity index (χ3n) is 4.84. The molecule has 25 heavy (non-hydrogen) atoms. The number of benzene rings is 1. The second-order valence-electron chi connectivity index (χ2n) is 6.82. The van der Waals surface area contributed by atoms with Gasteiger partial charge in [-0.1, -0.05) is 6.07 Å². The minimum absolute atomic E-state index is 0.182. The molecule has 0 saturated carbocycles. The van der Waals surface area contributed by atoms with Crippen LogP contribution in [0.15, 0.2) is 24.3 Å². The Kier molecular flexibility index (Phi) is 6.65. The molecule has 136 valence electrons. The number of likely N-dealkylation sites (tertiary alicyclic amines) is 1. The Morgan fingerprint density at radius 3 is 2.52 bits per heavy atom. The highest BCUT2D eigenvalue weighted by atomic mass is 16.5. The molecular weight excluding hydrogens is 318 g/mol. The number of nitriles is 1. The van der Waals surface area contributed by atoms with Crippen LogP contribution < -0.4 is 4.74 Å². The summed E-state index contributed by atoms with van der Waals surface area (Å²) < 4.78 is 11.4. The SMILES string of the molecule is N#Cc1cccc(OC2CCN(CC(O)CN3CCOCC3)CC2)c1. The van der Waals surface area contributed by atoms with Crippen LogP contribution in [0, 0.1) is 11.3 Å². The van der Waals surface area contributed by atoms with E-state index in [1.54, 1.807) is 12.1 Å². The Labute approximate surface area is 149 Å². The molecule has 0 aliphatic carbocycles. The maximum absolute atomic E-state index is 10.3. The van der Waals surface area contributed by atoms with Gasteiger partial charge in [-0.05, 0) is 31.0 Å². The molecular formula is C19H27N3O3. The van der Waals surface area contributed by atoms with E-state index in [0.29, 0.717) is 12.1 Å². The Morgan fingerprint density at radius 2 is 1.84 bits per heavy atom. The molecule has 2 aliphatic heterocycles. The number of hydrogen-bond acceptors (Lipinski definition) is 6. The van der Waals surface area contributed by atoms with Gasteiger partial charge in [0.15, 0.2) is 0 Å². The van der Waals surface area contributed by atoms with E-state index in [1.807, 2.05) is 12.1 Å². The van der Waals surface area contributed by atoms with Gasteiger partial charge in [0.1, 0.15) is 11.9 Å². The van der Waals surface area contributed by atoms with Crippen molar-refractivity contribution in [2.45, 2.75) is 25.0 Å². The first-order valence-corrected chi connectivity index (χ1v) is 9.10. The lowest BCUT2D eigenvalue weighted by molar-refractivity contribution is 0.00148. The van der Waals surface area contributed by atoms with Crippen molar-refractivity contribution in [3.8, 4) is 11.8 Å². The fourth-order valence-electron chi connectivity index (χ4n) is 3.48. The summed E-state index contributed by atoms with van der Waals surface area (Å²) in [6.45, 7) is 6.66. The van der Waals surface area contributed by atoms with Crippen molar-refractivity contribution in [1.29, 1.82) is 5.26 Å². The van der Waals surface area contributed by atoms with Crippen molar-refractivity contribution in [2.75, 3.05) is 52.5 Å². The number of aliphatic hydroxyl groups is 1. The van der Waals surface area contributed by atoms with E-state index in [1.165, 1.54) is 0 Å². The summed E-state index contributed by atoms with van der Waals surface area (Å²) in [5.41, 5.74) is 0.626. The quantitative estimate of drug-likeness (QED) is 0.833. The molecule has 6 heteroatoms. The summed E-state index contributed by atoms with van der Waals surface area (Å²) in [5, 5.41) is 19.3. The predicted molar refractivity (Wildman–Crippen MR) is 94.5 cm³/mol. The van der Waals surface area contributed by atoms with Crippen LogP contribution >= 0.6 is 0 Å². The zero-order chi connectivity index (χ0) is 17.5. The summed E-state index contributed by atoms with van der Waals surface area (Å²) in [7, 11) is 0. The maximum atomic E-state index is 10.3. The number of ether oxygens (including phenoxy) is 2. The second kappa shape index (κ2) is 9.16. The molecule has 1 aromatic rings. The van der Waals surface area contributed by atoms with Crippen LogP contribution in [0.3, 0.4) is 0 Å². The van der Waals surface area contributed by atoms with Crippen LogP contribution in [0.2, 0.25) is 0 Å². The third kappa shape index (κ3) is 5.68. The molecule has 0 radical (unpaired) electrons. The first kappa shape index (κ1) is 18.2. The summed E-state index contributed by atoms with van der Waals surface area (Å²) in [6, 6.07) is 9.47. The van der Waals surface area contributed by atoms with Crippen molar-refractivity contribution in [1.82, 2.24) is 9.80 Å². The van der Waals surface area contributed by atoms with Crippen molar-refractivity contribution in [3.05, 3.63) is 29.8 Å². The van der Waals surface area contributed by atoms with E-state index in [0.717, 1.165) is 64.5 Å². The number of aliphatic hydroxyl groups excluding tert-OH is 1. The van der Waals surface area contributed by atoms with E-state index in [4.69, 9.17) is 14.7 Å². The topological polar surface area (TPSA) is 69.0 Å². The summed E-state index contributed by atoms with van der Waals surface area (Å²) >= 11 is 0. The second-order valence-corrected chi connectivity index (χ2v) is 6.82. The summed E-state index contributed by atoms with van der Waals surface area (Å²) in [4.78, 5) is 4.59. The molecule has 0 amide bonds. The predicted octanol–water partition coefficient (Wildman–Crippen LogP) is 1.09. The molecule has 0 spiro atoms. The molecule has 2 fully saturated rings. The van der Waals surface area contributed by atoms with E-state index in [2.05, 4.69) is 15.9 Å². The van der Waals surface area contributed by atoms with Crippen LogP contribution in [0.1, 0.15) is 18.4 Å². The first-order chi connectivity index (χ1) is 12.2. The first-order valence-electron chi connectivity index (χ1n) is 9.10. The van der Waals surface area contributed by atoms with Gasteiger partial charge in [0.05, 0.1) is 31.0 Å². The molecule has 2 saturated heterocycles. The zero-order valence-corrected chi connectivity index (χ0v) is 14.6. The molecule has 1 atom stereocenters. The van der Waals surface area contributed by atoms with Gasteiger partial charge in [-0.15, -0.1) is 0 Å². The Morgan fingerprint density at radius 1 is 1.16 bits per heavy atom. The number of β-amino-alcohol motifs (C(OH)–C–C–N with tert-alkyl or cyclic N) is 1. The minimum Gasteiger partial charge on any atom is -0.490 e. The fourth-order valence-corrected chi connectivity index (χ4v) is 3.48. The van der Waals surface area contributed by atoms with Gasteiger partial charge < -0.3 is 19.5 Å². The third-order valence-corrected chi connectivity index (χ3v) is 4.84. The number of rotatable bonds is 6. The van der Waals surface area contributed by atoms with Crippen molar-refractivity contribution in [3.63, 3.8) is 0 Å². The van der Waals surface area contributed by atoms with Gasteiger partial charge >= 0.3 is 0 Å². The van der Waals surface area contributed by atoms with Gasteiger partial charge in [0.25, 0.3) is 0 Å². The normalized spacial score (nSPS) is 21.6. The molecule has 3 rings (SSSR count). The number of piperidine rings is 1. The highest BCUT2D eigenvalue weighted by Gasteiger charge is 2.23. The van der Waals surface area contributed by atoms with Crippen molar-refractivity contribution in [2.24, 2.45) is 0 Å². The highest BCUT2D eigenvalue weighted by molar-refractivity contribution is 5.36. The summed E-state index contributed by atoms with van der Waals surface area (Å²) in [5.74, 6) is 0.768. The molecule has 0 bridgehead atoms. The highest BCUT2D eigenvalue weighted by Crippen LogP contribution is 2.20. The number of hydrogen-bond donors (Lipinski definition) is 1. The fraction of sp³-hybridized carbons (Fsp3) is 0.632. The lowest BCUT2D eigenvalue weighted by atomic mass is 10.1. The van der Waals surface area contributed by atoms with Gasteiger partial charge in [-0.2, -0.15) is 5.26 Å². The molecule has 1 aromatic carbocycles. The van der Waals surface area contributed by atoms with E-state index < -0.39 is 0 Å². The lowest BCUT2D eigenvalue weighted by Gasteiger charge is -2.35. The van der Waals surface area contributed by atoms with E-state index in [9.17, 15) is 5.11 Å². The van der Waals surface area contributed by atoms with Crippen LogP contribution in [0.4, 0.5) is 0 Å². The van der Waals surface area contributed by atoms with Crippen LogP contribution in [0.25, 0.3) is 0 Å². The Bertz CT molecular complexity index is 576. The number of morpholine rings is 1. The maximum Gasteiger partial charge on any atom is 0.121 e. The number of nitrogens with zero attached hydrogens (tertiary/aromatic N) is 3. The Hall–Kier alpha value is -1.65.